The van der Waals surface area contributed by atoms with Gasteiger partial charge in [-0.05, 0) is 12.1 Å². The summed E-state index contributed by atoms with van der Waals surface area (Å²) in [7, 11) is -4.35. The maximum Gasteiger partial charge on any atom is 0.322 e. The highest BCUT2D eigenvalue weighted by Gasteiger charge is 2.28. The van der Waals surface area contributed by atoms with Gasteiger partial charge in [0.25, 0.3) is 0 Å². The van der Waals surface area contributed by atoms with Gasteiger partial charge in [0.05, 0.1) is 10.0 Å². The second-order valence-electron chi connectivity index (χ2n) is 3.59. The Morgan fingerprint density at radius 1 is 1.50 bits per heavy atom. The Kier molecular flexibility index (Phi) is 5.36. The second-order valence-corrected chi connectivity index (χ2v) is 6.06. The van der Waals surface area contributed by atoms with Crippen molar-refractivity contribution in [2.45, 2.75) is 17.4 Å². The van der Waals surface area contributed by atoms with Gasteiger partial charge in [0.1, 0.15) is 10.9 Å². The first-order chi connectivity index (χ1) is 9.20. The molecular formula is C11H8Cl2FNO4S. The van der Waals surface area contributed by atoms with Crippen molar-refractivity contribution in [2.24, 2.45) is 0 Å². The van der Waals surface area contributed by atoms with Crippen molar-refractivity contribution in [1.29, 1.82) is 0 Å². The predicted octanol–water partition coefficient (Wildman–Crippen LogP) is 1.89. The highest BCUT2D eigenvalue weighted by Crippen LogP contribution is 2.29. The van der Waals surface area contributed by atoms with Gasteiger partial charge in [-0.2, -0.15) is 4.72 Å². The minimum absolute atomic E-state index is 0.354. The van der Waals surface area contributed by atoms with E-state index in [1.165, 1.54) is 0 Å². The summed E-state index contributed by atoms with van der Waals surface area (Å²) in [6.45, 7) is 0. The van der Waals surface area contributed by atoms with Crippen molar-refractivity contribution >= 4 is 39.2 Å². The molecule has 0 spiro atoms. The molecule has 0 aliphatic carbocycles. The Hall–Kier alpha value is -1.33. The van der Waals surface area contributed by atoms with Crippen LogP contribution in [0.3, 0.4) is 0 Å². The van der Waals surface area contributed by atoms with Gasteiger partial charge in [0.15, 0.2) is 5.82 Å². The fourth-order valence-electron chi connectivity index (χ4n) is 1.26. The molecule has 0 fully saturated rings. The average Bonchev–Trinajstić information content (AvgIpc) is 2.34. The SMILES string of the molecule is C#CCC(NS(=O)(=O)c1ccc(Cl)c(F)c1Cl)C(=O)O. The van der Waals surface area contributed by atoms with Crippen LogP contribution in [0, 0.1) is 18.2 Å². The Balaban J connectivity index is 3.21. The van der Waals surface area contributed by atoms with Crippen LogP contribution in [0.2, 0.25) is 10.0 Å². The van der Waals surface area contributed by atoms with Crippen LogP contribution in [-0.4, -0.2) is 25.5 Å². The summed E-state index contributed by atoms with van der Waals surface area (Å²) in [6, 6.07) is 0.416. The normalized spacial score (nSPS) is 12.7. The fourth-order valence-corrected chi connectivity index (χ4v) is 3.20. The molecule has 0 aromatic heterocycles. The standard InChI is InChI=1S/C11H8Cl2FNO4S/c1-2-3-7(11(16)17)15-20(18,19)8-5-4-6(12)10(14)9(8)13/h1,4-5,7,15H,3H2,(H,16,17). The summed E-state index contributed by atoms with van der Waals surface area (Å²) >= 11 is 11.0. The number of aliphatic carboxylic acids is 1. The van der Waals surface area contributed by atoms with Gasteiger partial charge in [0.2, 0.25) is 10.0 Å². The first kappa shape index (κ1) is 16.7. The van der Waals surface area contributed by atoms with Crippen LogP contribution in [0.1, 0.15) is 6.42 Å². The van der Waals surface area contributed by atoms with Crippen LogP contribution in [-0.2, 0) is 14.8 Å². The Labute approximate surface area is 124 Å². The van der Waals surface area contributed by atoms with Crippen LogP contribution in [0.5, 0.6) is 0 Å². The number of nitrogens with one attached hydrogen (secondary N) is 1. The smallest absolute Gasteiger partial charge is 0.322 e. The maximum absolute atomic E-state index is 13.5. The van der Waals surface area contributed by atoms with Crippen molar-refractivity contribution in [3.8, 4) is 12.3 Å². The van der Waals surface area contributed by atoms with E-state index >= 15 is 0 Å². The lowest BCUT2D eigenvalue weighted by Gasteiger charge is -2.13. The number of rotatable bonds is 5. The van der Waals surface area contributed by atoms with Gasteiger partial charge in [-0.3, -0.25) is 4.79 Å². The quantitative estimate of drug-likeness (QED) is 0.633. The first-order valence-electron chi connectivity index (χ1n) is 5.02. The Morgan fingerprint density at radius 2 is 2.10 bits per heavy atom. The van der Waals surface area contributed by atoms with Gasteiger partial charge in [-0.25, -0.2) is 12.8 Å². The molecule has 1 unspecified atom stereocenters. The summed E-state index contributed by atoms with van der Waals surface area (Å²) in [5, 5.41) is 7.75. The van der Waals surface area contributed by atoms with Crippen LogP contribution in [0.15, 0.2) is 17.0 Å². The van der Waals surface area contributed by atoms with E-state index in [1.54, 1.807) is 0 Å². The summed E-state index contributed by atoms with van der Waals surface area (Å²) in [6.07, 6.45) is 4.57. The zero-order valence-electron chi connectivity index (χ0n) is 9.73. The molecule has 1 atom stereocenters. The molecule has 9 heteroatoms. The van der Waals surface area contributed by atoms with E-state index < -0.39 is 37.8 Å². The molecule has 0 saturated carbocycles. The molecule has 0 saturated heterocycles. The van der Waals surface area contributed by atoms with Crippen molar-refractivity contribution in [3.05, 3.63) is 28.0 Å². The molecule has 108 valence electrons. The lowest BCUT2D eigenvalue weighted by molar-refractivity contribution is -0.138. The third-order valence-electron chi connectivity index (χ3n) is 2.21. The summed E-state index contributed by atoms with van der Waals surface area (Å²) in [4.78, 5) is 10.2. The molecule has 0 bridgehead atoms. The summed E-state index contributed by atoms with van der Waals surface area (Å²) < 4.78 is 39.2. The van der Waals surface area contributed by atoms with Crippen molar-refractivity contribution in [1.82, 2.24) is 4.72 Å². The summed E-state index contributed by atoms with van der Waals surface area (Å²) in [5.41, 5.74) is 0. The van der Waals surface area contributed by atoms with Gasteiger partial charge in [-0.15, -0.1) is 12.3 Å². The van der Waals surface area contributed by atoms with E-state index in [9.17, 15) is 17.6 Å². The van der Waals surface area contributed by atoms with Crippen molar-refractivity contribution in [3.63, 3.8) is 0 Å². The fraction of sp³-hybridized carbons (Fsp3) is 0.182. The van der Waals surface area contributed by atoms with Crippen LogP contribution in [0.4, 0.5) is 4.39 Å². The molecule has 0 radical (unpaired) electrons. The highest BCUT2D eigenvalue weighted by molar-refractivity contribution is 7.89. The Bertz CT molecular complexity index is 684. The minimum atomic E-state index is -4.35. The van der Waals surface area contributed by atoms with Gasteiger partial charge in [-0.1, -0.05) is 23.2 Å². The predicted molar refractivity (Wildman–Crippen MR) is 71.6 cm³/mol. The molecule has 0 aliphatic heterocycles. The van der Waals surface area contributed by atoms with E-state index in [1.807, 2.05) is 10.6 Å². The molecule has 2 N–H and O–H groups in total. The monoisotopic (exact) mass is 339 g/mol. The van der Waals surface area contributed by atoms with E-state index in [0.29, 0.717) is 0 Å². The number of hydrogen-bond donors (Lipinski definition) is 2. The van der Waals surface area contributed by atoms with Crippen molar-refractivity contribution in [2.75, 3.05) is 0 Å². The lowest BCUT2D eigenvalue weighted by atomic mass is 10.2. The maximum atomic E-state index is 13.5. The zero-order valence-corrected chi connectivity index (χ0v) is 12.1. The average molecular weight is 340 g/mol. The first-order valence-corrected chi connectivity index (χ1v) is 7.26. The topological polar surface area (TPSA) is 83.5 Å². The highest BCUT2D eigenvalue weighted by atomic mass is 35.5. The molecule has 0 heterocycles. The molecule has 0 aliphatic rings. The molecule has 5 nitrogen and oxygen atoms in total. The van der Waals surface area contributed by atoms with Crippen LogP contribution < -0.4 is 4.72 Å². The van der Waals surface area contributed by atoms with E-state index in [-0.39, 0.29) is 11.4 Å². The summed E-state index contributed by atoms with van der Waals surface area (Å²) in [5.74, 6) is -0.550. The van der Waals surface area contributed by atoms with E-state index in [0.717, 1.165) is 12.1 Å². The molecule has 1 rings (SSSR count). The molecule has 1 aromatic rings. The molecule has 0 amide bonds. The number of terminal acetylenes is 1. The van der Waals surface area contributed by atoms with E-state index in [4.69, 9.17) is 34.7 Å². The number of halogens is 3. The number of hydrogen-bond acceptors (Lipinski definition) is 3. The third-order valence-corrected chi connectivity index (χ3v) is 4.49. The lowest BCUT2D eigenvalue weighted by Crippen LogP contribution is -2.40. The number of benzene rings is 1. The number of carboxylic acids is 1. The van der Waals surface area contributed by atoms with Gasteiger partial charge in [0, 0.05) is 6.42 Å². The van der Waals surface area contributed by atoms with E-state index in [2.05, 4.69) is 0 Å². The number of carbonyl (C=O) groups is 1. The largest absolute Gasteiger partial charge is 0.480 e. The van der Waals surface area contributed by atoms with Gasteiger partial charge >= 0.3 is 5.97 Å². The number of carboxylic acid groups (broad SMARTS) is 1. The van der Waals surface area contributed by atoms with Crippen LogP contribution in [0.25, 0.3) is 0 Å². The number of sulfonamides is 1. The van der Waals surface area contributed by atoms with Crippen molar-refractivity contribution < 1.29 is 22.7 Å². The van der Waals surface area contributed by atoms with Crippen LogP contribution >= 0.6 is 23.2 Å². The minimum Gasteiger partial charge on any atom is -0.480 e. The molecule has 20 heavy (non-hydrogen) atoms. The molecular weight excluding hydrogens is 332 g/mol. The zero-order chi connectivity index (χ0) is 15.5. The second kappa shape index (κ2) is 6.41. The Morgan fingerprint density at radius 3 is 2.60 bits per heavy atom. The van der Waals surface area contributed by atoms with Gasteiger partial charge < -0.3 is 5.11 Å². The third kappa shape index (κ3) is 3.61. The molecule has 1 aromatic carbocycles.